The lowest BCUT2D eigenvalue weighted by Crippen LogP contribution is -2.25. The first-order valence-corrected chi connectivity index (χ1v) is 8.65. The zero-order valence-corrected chi connectivity index (χ0v) is 13.1. The Morgan fingerprint density at radius 2 is 2.05 bits per heavy atom. The van der Waals surface area contributed by atoms with Crippen molar-refractivity contribution in [3.05, 3.63) is 57.8 Å². The maximum absolute atomic E-state index is 6.29. The van der Waals surface area contributed by atoms with E-state index in [1.165, 1.54) is 16.7 Å². The summed E-state index contributed by atoms with van der Waals surface area (Å²) < 4.78 is 0. The summed E-state index contributed by atoms with van der Waals surface area (Å²) in [5.74, 6) is 1.03. The van der Waals surface area contributed by atoms with E-state index in [0.29, 0.717) is 5.25 Å². The average Bonchev–Trinajstić information content (AvgIpc) is 2.94. The zero-order valence-electron chi connectivity index (χ0n) is 11.5. The molecule has 0 aliphatic heterocycles. The van der Waals surface area contributed by atoms with Gasteiger partial charge in [0, 0.05) is 17.0 Å². The first-order valence-electron chi connectivity index (χ1n) is 6.66. The molecule has 0 spiro atoms. The summed E-state index contributed by atoms with van der Waals surface area (Å²) in [6.45, 7) is 4.34. The molecule has 2 unspecified atom stereocenters. The molecular formula is C16H21NS2. The van der Waals surface area contributed by atoms with Crippen LogP contribution in [0.3, 0.4) is 0 Å². The van der Waals surface area contributed by atoms with Gasteiger partial charge < -0.3 is 5.73 Å². The third-order valence-electron chi connectivity index (χ3n) is 3.41. The van der Waals surface area contributed by atoms with Crippen LogP contribution in [0.2, 0.25) is 0 Å². The summed E-state index contributed by atoms with van der Waals surface area (Å²) in [7, 11) is 0. The van der Waals surface area contributed by atoms with Gasteiger partial charge in [-0.3, -0.25) is 0 Å². The molecule has 0 saturated heterocycles. The number of nitrogens with two attached hydrogens (primary N) is 1. The maximum Gasteiger partial charge on any atom is 0.0459 e. The number of thiophene rings is 1. The predicted octanol–water partition coefficient (Wildman–Crippen LogP) is 4.77. The van der Waals surface area contributed by atoms with E-state index in [-0.39, 0.29) is 6.04 Å². The van der Waals surface area contributed by atoms with E-state index < -0.39 is 0 Å². The predicted molar refractivity (Wildman–Crippen MR) is 87.8 cm³/mol. The van der Waals surface area contributed by atoms with Crippen LogP contribution in [0.4, 0.5) is 0 Å². The van der Waals surface area contributed by atoms with Gasteiger partial charge in [0.15, 0.2) is 0 Å². The second kappa shape index (κ2) is 7.13. The summed E-state index contributed by atoms with van der Waals surface area (Å²) in [4.78, 5) is 0. The Balaban J connectivity index is 2.07. The van der Waals surface area contributed by atoms with Crippen molar-refractivity contribution in [2.45, 2.75) is 37.3 Å². The molecular weight excluding hydrogens is 270 g/mol. The van der Waals surface area contributed by atoms with Crippen LogP contribution in [0.5, 0.6) is 0 Å². The monoisotopic (exact) mass is 291 g/mol. The molecule has 1 aromatic heterocycles. The van der Waals surface area contributed by atoms with Crippen LogP contribution in [0.25, 0.3) is 0 Å². The van der Waals surface area contributed by atoms with Crippen LogP contribution in [-0.2, 0) is 5.75 Å². The van der Waals surface area contributed by atoms with Crippen LogP contribution < -0.4 is 5.73 Å². The standard InChI is InChI=1S/C16H21NS2/c1-3-15(17)16(14-8-9-18-10-14)19-11-13-7-5-4-6-12(13)2/h4-10,15-16H,3,11,17H2,1-2H3. The van der Waals surface area contributed by atoms with Crippen LogP contribution >= 0.6 is 23.1 Å². The fourth-order valence-corrected chi connectivity index (χ4v) is 4.31. The number of aryl methyl sites for hydroxylation is 1. The van der Waals surface area contributed by atoms with Crippen molar-refractivity contribution in [2.75, 3.05) is 0 Å². The van der Waals surface area contributed by atoms with Crippen molar-refractivity contribution in [3.8, 4) is 0 Å². The zero-order chi connectivity index (χ0) is 13.7. The van der Waals surface area contributed by atoms with Gasteiger partial charge in [0.25, 0.3) is 0 Å². The lowest BCUT2D eigenvalue weighted by molar-refractivity contribution is 0.635. The fourth-order valence-electron chi connectivity index (χ4n) is 2.07. The Hall–Kier alpha value is -0.770. The number of thioether (sulfide) groups is 1. The summed E-state index contributed by atoms with van der Waals surface area (Å²) in [6, 6.07) is 11.0. The van der Waals surface area contributed by atoms with Gasteiger partial charge in [-0.25, -0.2) is 0 Å². The molecule has 2 rings (SSSR count). The van der Waals surface area contributed by atoms with Crippen molar-refractivity contribution < 1.29 is 0 Å². The highest BCUT2D eigenvalue weighted by atomic mass is 32.2. The average molecular weight is 291 g/mol. The first-order chi connectivity index (χ1) is 9.22. The second-order valence-corrected chi connectivity index (χ2v) is 6.70. The van der Waals surface area contributed by atoms with Gasteiger partial charge in [0.05, 0.1) is 0 Å². The molecule has 2 atom stereocenters. The van der Waals surface area contributed by atoms with E-state index in [9.17, 15) is 0 Å². The highest BCUT2D eigenvalue weighted by Crippen LogP contribution is 2.36. The van der Waals surface area contributed by atoms with Gasteiger partial charge in [0.1, 0.15) is 0 Å². The number of rotatable bonds is 6. The molecule has 0 aliphatic rings. The van der Waals surface area contributed by atoms with Gasteiger partial charge in [-0.1, -0.05) is 31.2 Å². The Labute approximate surface area is 124 Å². The van der Waals surface area contributed by atoms with E-state index in [1.807, 2.05) is 11.8 Å². The first kappa shape index (κ1) is 14.6. The van der Waals surface area contributed by atoms with Crippen molar-refractivity contribution in [1.29, 1.82) is 0 Å². The molecule has 2 N–H and O–H groups in total. The Bertz CT molecular complexity index is 493. The summed E-state index contributed by atoms with van der Waals surface area (Å²) >= 11 is 3.71. The molecule has 0 radical (unpaired) electrons. The normalized spacial score (nSPS) is 14.3. The highest BCUT2D eigenvalue weighted by Gasteiger charge is 2.19. The Morgan fingerprint density at radius 1 is 1.26 bits per heavy atom. The van der Waals surface area contributed by atoms with Crippen molar-refractivity contribution >= 4 is 23.1 Å². The third-order valence-corrected chi connectivity index (χ3v) is 5.57. The lowest BCUT2D eigenvalue weighted by Gasteiger charge is -2.22. The molecule has 0 amide bonds. The summed E-state index contributed by atoms with van der Waals surface area (Å²) in [6.07, 6.45) is 1.02. The van der Waals surface area contributed by atoms with Gasteiger partial charge >= 0.3 is 0 Å². The van der Waals surface area contributed by atoms with Crippen LogP contribution in [0, 0.1) is 6.92 Å². The summed E-state index contributed by atoms with van der Waals surface area (Å²) in [5, 5.41) is 4.76. The number of hydrogen-bond acceptors (Lipinski definition) is 3. The van der Waals surface area contributed by atoms with Crippen molar-refractivity contribution in [1.82, 2.24) is 0 Å². The van der Waals surface area contributed by atoms with Crippen LogP contribution in [0.15, 0.2) is 41.1 Å². The molecule has 1 nitrogen and oxygen atoms in total. The molecule has 2 aromatic rings. The number of hydrogen-bond donors (Lipinski definition) is 1. The SMILES string of the molecule is CCC(N)C(SCc1ccccc1C)c1ccsc1. The molecule has 0 bridgehead atoms. The van der Waals surface area contributed by atoms with E-state index in [0.717, 1.165) is 12.2 Å². The van der Waals surface area contributed by atoms with Crippen LogP contribution in [-0.4, -0.2) is 6.04 Å². The van der Waals surface area contributed by atoms with Crippen molar-refractivity contribution in [2.24, 2.45) is 5.73 Å². The quantitative estimate of drug-likeness (QED) is 0.829. The Kier molecular flexibility index (Phi) is 5.49. The molecule has 1 heterocycles. The minimum atomic E-state index is 0.226. The van der Waals surface area contributed by atoms with Gasteiger partial charge in [-0.2, -0.15) is 11.3 Å². The van der Waals surface area contributed by atoms with E-state index in [2.05, 4.69) is 54.9 Å². The van der Waals surface area contributed by atoms with E-state index in [1.54, 1.807) is 11.3 Å². The molecule has 19 heavy (non-hydrogen) atoms. The van der Waals surface area contributed by atoms with Crippen molar-refractivity contribution in [3.63, 3.8) is 0 Å². The topological polar surface area (TPSA) is 26.0 Å². The highest BCUT2D eigenvalue weighted by molar-refractivity contribution is 7.98. The Morgan fingerprint density at radius 3 is 2.68 bits per heavy atom. The maximum atomic E-state index is 6.29. The summed E-state index contributed by atoms with van der Waals surface area (Å²) in [5.41, 5.74) is 10.4. The van der Waals surface area contributed by atoms with Gasteiger partial charge in [-0.05, 0) is 46.9 Å². The molecule has 0 aliphatic carbocycles. The molecule has 0 saturated carbocycles. The smallest absolute Gasteiger partial charge is 0.0459 e. The van der Waals surface area contributed by atoms with Gasteiger partial charge in [-0.15, -0.1) is 11.8 Å². The van der Waals surface area contributed by atoms with E-state index >= 15 is 0 Å². The largest absolute Gasteiger partial charge is 0.326 e. The molecule has 102 valence electrons. The minimum Gasteiger partial charge on any atom is -0.326 e. The molecule has 3 heteroatoms. The lowest BCUT2D eigenvalue weighted by atomic mass is 10.1. The van der Waals surface area contributed by atoms with E-state index in [4.69, 9.17) is 5.73 Å². The number of benzene rings is 1. The third kappa shape index (κ3) is 3.85. The van der Waals surface area contributed by atoms with Crippen LogP contribution in [0.1, 0.15) is 35.3 Å². The van der Waals surface area contributed by atoms with Gasteiger partial charge in [0.2, 0.25) is 0 Å². The fraction of sp³-hybridized carbons (Fsp3) is 0.375. The second-order valence-electron chi connectivity index (χ2n) is 4.79. The molecule has 1 aromatic carbocycles. The minimum absolute atomic E-state index is 0.226. The molecule has 0 fully saturated rings.